The molecular weight excluding hydrogens is 132 g/mol. The number of carbonyl (C=O) groups excluding carboxylic acids is 1. The lowest BCUT2D eigenvalue weighted by Crippen LogP contribution is -2.39. The topological polar surface area (TPSA) is 53.3 Å². The van der Waals surface area contributed by atoms with Crippen LogP contribution in [0, 0.1) is 11.3 Å². The Morgan fingerprint density at radius 3 is 2.60 bits per heavy atom. The number of hydrogen-bond donors (Lipinski definition) is 0. The van der Waals surface area contributed by atoms with Crippen molar-refractivity contribution < 1.29 is 9.53 Å². The molecule has 1 aliphatic rings. The zero-order chi connectivity index (χ0) is 7.40. The lowest BCUT2D eigenvalue weighted by molar-refractivity contribution is -0.129. The van der Waals surface area contributed by atoms with Crippen LogP contribution in [-0.4, -0.2) is 37.1 Å². The lowest BCUT2D eigenvalue weighted by Gasteiger charge is -2.23. The maximum atomic E-state index is 10.7. The molecule has 1 heterocycles. The molecule has 1 saturated heterocycles. The van der Waals surface area contributed by atoms with Gasteiger partial charge in [-0.05, 0) is 0 Å². The second-order valence-electron chi connectivity index (χ2n) is 2.02. The number of hydrogen-bond acceptors (Lipinski definition) is 3. The SMILES string of the molecule is N#CC(=O)N1CCOCC1. The van der Waals surface area contributed by atoms with Crippen LogP contribution in [0.2, 0.25) is 0 Å². The number of nitrogens with zero attached hydrogens (tertiary/aromatic N) is 2. The molecule has 54 valence electrons. The second kappa shape index (κ2) is 3.18. The first-order valence-electron chi connectivity index (χ1n) is 3.11. The van der Waals surface area contributed by atoms with Crippen LogP contribution in [0.3, 0.4) is 0 Å². The van der Waals surface area contributed by atoms with E-state index in [9.17, 15) is 4.79 Å². The first kappa shape index (κ1) is 7.03. The van der Waals surface area contributed by atoms with Gasteiger partial charge in [0.15, 0.2) is 6.07 Å². The van der Waals surface area contributed by atoms with E-state index >= 15 is 0 Å². The average Bonchev–Trinajstić information content (AvgIpc) is 2.05. The van der Waals surface area contributed by atoms with E-state index in [1.54, 1.807) is 6.07 Å². The van der Waals surface area contributed by atoms with Gasteiger partial charge in [0.2, 0.25) is 0 Å². The Balaban J connectivity index is 2.40. The Kier molecular flexibility index (Phi) is 2.24. The molecule has 0 aliphatic carbocycles. The van der Waals surface area contributed by atoms with Crippen LogP contribution in [0.4, 0.5) is 0 Å². The standard InChI is InChI=1S/C6H8N2O2/c7-5-6(9)8-1-3-10-4-2-8/h1-4H2. The predicted molar refractivity (Wildman–Crippen MR) is 33.0 cm³/mol. The summed E-state index contributed by atoms with van der Waals surface area (Å²) < 4.78 is 4.99. The third-order valence-electron chi connectivity index (χ3n) is 1.39. The van der Waals surface area contributed by atoms with Crippen molar-refractivity contribution in [2.45, 2.75) is 0 Å². The Bertz CT molecular complexity index is 167. The van der Waals surface area contributed by atoms with E-state index in [1.807, 2.05) is 0 Å². The number of carbonyl (C=O) groups is 1. The number of nitriles is 1. The van der Waals surface area contributed by atoms with Gasteiger partial charge in [-0.2, -0.15) is 5.26 Å². The molecule has 0 aromatic heterocycles. The highest BCUT2D eigenvalue weighted by Crippen LogP contribution is 1.95. The van der Waals surface area contributed by atoms with Gasteiger partial charge in [-0.15, -0.1) is 0 Å². The molecule has 10 heavy (non-hydrogen) atoms. The van der Waals surface area contributed by atoms with Crippen LogP contribution in [0.15, 0.2) is 0 Å². The molecule has 0 aromatic carbocycles. The van der Waals surface area contributed by atoms with E-state index in [4.69, 9.17) is 10.00 Å². The van der Waals surface area contributed by atoms with Crippen molar-refractivity contribution in [1.82, 2.24) is 4.90 Å². The van der Waals surface area contributed by atoms with Gasteiger partial charge in [0.1, 0.15) is 0 Å². The Labute approximate surface area is 59.0 Å². The van der Waals surface area contributed by atoms with Crippen LogP contribution in [0.1, 0.15) is 0 Å². The van der Waals surface area contributed by atoms with Gasteiger partial charge >= 0.3 is 5.91 Å². The number of morpholine rings is 1. The zero-order valence-corrected chi connectivity index (χ0v) is 5.54. The van der Waals surface area contributed by atoms with Crippen molar-refractivity contribution in [3.8, 4) is 6.07 Å². The molecule has 0 radical (unpaired) electrons. The molecule has 0 N–H and O–H groups in total. The van der Waals surface area contributed by atoms with Crippen molar-refractivity contribution in [2.75, 3.05) is 26.3 Å². The quantitative estimate of drug-likeness (QED) is 0.421. The minimum absolute atomic E-state index is 0.455. The Hall–Kier alpha value is -1.08. The molecule has 4 nitrogen and oxygen atoms in total. The summed E-state index contributed by atoms with van der Waals surface area (Å²) in [6.45, 7) is 2.19. The maximum Gasteiger partial charge on any atom is 0.325 e. The molecule has 0 saturated carbocycles. The van der Waals surface area contributed by atoms with Gasteiger partial charge in [-0.25, -0.2) is 0 Å². The van der Waals surface area contributed by atoms with Gasteiger partial charge in [0.05, 0.1) is 13.2 Å². The van der Waals surface area contributed by atoms with E-state index in [0.717, 1.165) is 0 Å². The Morgan fingerprint density at radius 2 is 2.10 bits per heavy atom. The molecule has 1 amide bonds. The molecule has 0 atom stereocenters. The zero-order valence-electron chi connectivity index (χ0n) is 5.54. The third kappa shape index (κ3) is 1.45. The normalized spacial score (nSPS) is 18.1. The molecule has 1 rings (SSSR count). The van der Waals surface area contributed by atoms with Gasteiger partial charge < -0.3 is 9.64 Å². The van der Waals surface area contributed by atoms with Crippen molar-refractivity contribution in [1.29, 1.82) is 5.26 Å². The minimum Gasteiger partial charge on any atom is -0.378 e. The third-order valence-corrected chi connectivity index (χ3v) is 1.39. The lowest BCUT2D eigenvalue weighted by atomic mass is 10.4. The highest BCUT2D eigenvalue weighted by molar-refractivity contribution is 5.91. The summed E-state index contributed by atoms with van der Waals surface area (Å²) in [5, 5.41) is 8.21. The highest BCUT2D eigenvalue weighted by atomic mass is 16.5. The van der Waals surface area contributed by atoms with Crippen molar-refractivity contribution in [3.05, 3.63) is 0 Å². The molecule has 4 heteroatoms. The monoisotopic (exact) mass is 140 g/mol. The van der Waals surface area contributed by atoms with Gasteiger partial charge in [0, 0.05) is 13.1 Å². The molecule has 0 aromatic rings. The average molecular weight is 140 g/mol. The molecule has 1 aliphatic heterocycles. The molecule has 1 fully saturated rings. The summed E-state index contributed by atoms with van der Waals surface area (Å²) in [5.74, 6) is -0.455. The first-order valence-corrected chi connectivity index (χ1v) is 3.11. The van der Waals surface area contributed by atoms with Crippen LogP contribution in [0.25, 0.3) is 0 Å². The summed E-state index contributed by atoms with van der Waals surface area (Å²) in [7, 11) is 0. The van der Waals surface area contributed by atoms with E-state index in [2.05, 4.69) is 0 Å². The summed E-state index contributed by atoms with van der Waals surface area (Å²) in [6, 6.07) is 1.57. The highest BCUT2D eigenvalue weighted by Gasteiger charge is 2.14. The first-order chi connectivity index (χ1) is 4.84. The van der Waals surface area contributed by atoms with Gasteiger partial charge in [-0.3, -0.25) is 4.79 Å². The van der Waals surface area contributed by atoms with Crippen molar-refractivity contribution in [3.63, 3.8) is 0 Å². The van der Waals surface area contributed by atoms with Crippen LogP contribution >= 0.6 is 0 Å². The Morgan fingerprint density at radius 1 is 1.50 bits per heavy atom. The summed E-state index contributed by atoms with van der Waals surface area (Å²) in [6.07, 6.45) is 0. The smallest absolute Gasteiger partial charge is 0.325 e. The van der Waals surface area contributed by atoms with E-state index in [-0.39, 0.29) is 0 Å². The second-order valence-corrected chi connectivity index (χ2v) is 2.02. The molecule has 0 bridgehead atoms. The van der Waals surface area contributed by atoms with E-state index in [0.29, 0.717) is 26.3 Å². The van der Waals surface area contributed by atoms with Crippen LogP contribution < -0.4 is 0 Å². The van der Waals surface area contributed by atoms with E-state index < -0.39 is 5.91 Å². The fourth-order valence-corrected chi connectivity index (χ4v) is 0.837. The molecule has 0 unspecified atom stereocenters. The molecular formula is C6H8N2O2. The maximum absolute atomic E-state index is 10.7. The van der Waals surface area contributed by atoms with Gasteiger partial charge in [0.25, 0.3) is 0 Å². The minimum atomic E-state index is -0.455. The predicted octanol–water partition coefficient (Wildman–Crippen LogP) is -0.631. The number of amides is 1. The van der Waals surface area contributed by atoms with Gasteiger partial charge in [-0.1, -0.05) is 0 Å². The number of ether oxygens (including phenoxy) is 1. The van der Waals surface area contributed by atoms with Crippen LogP contribution in [-0.2, 0) is 9.53 Å². The summed E-state index contributed by atoms with van der Waals surface area (Å²) in [5.41, 5.74) is 0. The summed E-state index contributed by atoms with van der Waals surface area (Å²) in [4.78, 5) is 12.2. The molecule has 0 spiro atoms. The summed E-state index contributed by atoms with van der Waals surface area (Å²) >= 11 is 0. The van der Waals surface area contributed by atoms with E-state index in [1.165, 1.54) is 4.90 Å². The van der Waals surface area contributed by atoms with Crippen LogP contribution in [0.5, 0.6) is 0 Å². The van der Waals surface area contributed by atoms with Crippen molar-refractivity contribution in [2.24, 2.45) is 0 Å². The number of rotatable bonds is 0. The fourth-order valence-electron chi connectivity index (χ4n) is 0.837. The van der Waals surface area contributed by atoms with Crippen molar-refractivity contribution >= 4 is 5.91 Å². The fraction of sp³-hybridized carbons (Fsp3) is 0.667. The largest absolute Gasteiger partial charge is 0.378 e.